The van der Waals surface area contributed by atoms with Gasteiger partial charge in [0.1, 0.15) is 0 Å². The minimum absolute atomic E-state index is 0.142. The standard InChI is InChI=1S/C19H27N3O2/c1-15(23)21-10-12-22(13-11-21)18-9-5-8-17(14-18)20-19(24)16-6-3-2-4-7-16/h5,8-9,14,16H,2-4,6-7,10-13H2,1H3,(H,20,24). The van der Waals surface area contributed by atoms with Gasteiger partial charge < -0.3 is 15.1 Å². The lowest BCUT2D eigenvalue weighted by Gasteiger charge is -2.35. The van der Waals surface area contributed by atoms with Crippen molar-refractivity contribution in [1.82, 2.24) is 4.90 Å². The number of benzene rings is 1. The molecule has 0 radical (unpaired) electrons. The first kappa shape index (κ1) is 16.8. The van der Waals surface area contributed by atoms with Gasteiger partial charge in [-0.05, 0) is 31.0 Å². The van der Waals surface area contributed by atoms with Crippen molar-refractivity contribution >= 4 is 23.2 Å². The molecule has 0 bridgehead atoms. The summed E-state index contributed by atoms with van der Waals surface area (Å²) in [5.74, 6) is 0.470. The number of nitrogens with zero attached hydrogens (tertiary/aromatic N) is 2. The van der Waals surface area contributed by atoms with E-state index in [1.54, 1.807) is 6.92 Å². The van der Waals surface area contributed by atoms with Gasteiger partial charge in [0, 0.05) is 50.4 Å². The number of amides is 2. The molecule has 3 rings (SSSR count). The monoisotopic (exact) mass is 329 g/mol. The molecule has 0 unspecified atom stereocenters. The van der Waals surface area contributed by atoms with Crippen LogP contribution >= 0.6 is 0 Å². The average Bonchev–Trinajstić information content (AvgIpc) is 2.63. The van der Waals surface area contributed by atoms with E-state index in [2.05, 4.69) is 16.3 Å². The molecule has 0 aromatic heterocycles. The molecule has 2 amide bonds. The summed E-state index contributed by atoms with van der Waals surface area (Å²) in [7, 11) is 0. The topological polar surface area (TPSA) is 52.7 Å². The van der Waals surface area contributed by atoms with E-state index in [-0.39, 0.29) is 17.7 Å². The van der Waals surface area contributed by atoms with Crippen molar-refractivity contribution in [3.05, 3.63) is 24.3 Å². The van der Waals surface area contributed by atoms with Gasteiger partial charge >= 0.3 is 0 Å². The fourth-order valence-electron chi connectivity index (χ4n) is 3.67. The minimum Gasteiger partial charge on any atom is -0.368 e. The van der Waals surface area contributed by atoms with E-state index in [4.69, 9.17) is 0 Å². The van der Waals surface area contributed by atoms with Gasteiger partial charge in [-0.2, -0.15) is 0 Å². The van der Waals surface area contributed by atoms with Gasteiger partial charge in [-0.25, -0.2) is 0 Å². The molecular weight excluding hydrogens is 302 g/mol. The predicted molar refractivity (Wildman–Crippen MR) is 96.1 cm³/mol. The highest BCUT2D eigenvalue weighted by molar-refractivity contribution is 5.93. The Morgan fingerprint density at radius 1 is 1.04 bits per heavy atom. The van der Waals surface area contributed by atoms with Crippen LogP contribution in [0, 0.1) is 5.92 Å². The van der Waals surface area contributed by atoms with Crippen LogP contribution in [0.25, 0.3) is 0 Å². The summed E-state index contributed by atoms with van der Waals surface area (Å²) in [5.41, 5.74) is 1.98. The van der Waals surface area contributed by atoms with E-state index in [1.807, 2.05) is 23.1 Å². The average molecular weight is 329 g/mol. The fourth-order valence-corrected chi connectivity index (χ4v) is 3.67. The molecule has 1 saturated heterocycles. The summed E-state index contributed by atoms with van der Waals surface area (Å²) in [4.78, 5) is 28.0. The van der Waals surface area contributed by atoms with Crippen LogP contribution in [0.2, 0.25) is 0 Å². The number of carbonyl (C=O) groups is 2. The second-order valence-electron chi connectivity index (χ2n) is 6.87. The van der Waals surface area contributed by atoms with E-state index in [0.717, 1.165) is 50.4 Å². The first-order valence-corrected chi connectivity index (χ1v) is 9.05. The Balaban J connectivity index is 1.60. The van der Waals surface area contributed by atoms with Gasteiger partial charge in [-0.3, -0.25) is 9.59 Å². The van der Waals surface area contributed by atoms with Crippen molar-refractivity contribution in [1.29, 1.82) is 0 Å². The summed E-state index contributed by atoms with van der Waals surface area (Å²) in [6.45, 7) is 4.80. The van der Waals surface area contributed by atoms with Crippen LogP contribution in [0.3, 0.4) is 0 Å². The lowest BCUT2D eigenvalue weighted by molar-refractivity contribution is -0.129. The molecule has 1 aliphatic carbocycles. The van der Waals surface area contributed by atoms with E-state index >= 15 is 0 Å². The van der Waals surface area contributed by atoms with Gasteiger partial charge in [0.25, 0.3) is 0 Å². The molecule has 1 aromatic carbocycles. The van der Waals surface area contributed by atoms with Gasteiger partial charge in [0.2, 0.25) is 11.8 Å². The zero-order valence-electron chi connectivity index (χ0n) is 14.5. The molecule has 2 aliphatic rings. The van der Waals surface area contributed by atoms with Crippen molar-refractivity contribution in [2.24, 2.45) is 5.92 Å². The summed E-state index contributed by atoms with van der Waals surface area (Å²) in [5, 5.41) is 3.09. The Morgan fingerprint density at radius 2 is 1.75 bits per heavy atom. The van der Waals surface area contributed by atoms with Crippen LogP contribution in [0.1, 0.15) is 39.0 Å². The van der Waals surface area contributed by atoms with E-state index < -0.39 is 0 Å². The molecule has 1 heterocycles. The smallest absolute Gasteiger partial charge is 0.227 e. The molecule has 5 heteroatoms. The van der Waals surface area contributed by atoms with Crippen molar-refractivity contribution in [2.45, 2.75) is 39.0 Å². The third-order valence-corrected chi connectivity index (χ3v) is 5.18. The number of piperazine rings is 1. The molecule has 0 spiro atoms. The van der Waals surface area contributed by atoms with E-state index in [0.29, 0.717) is 0 Å². The summed E-state index contributed by atoms with van der Waals surface area (Å²) in [6, 6.07) is 8.06. The molecule has 0 atom stereocenters. The summed E-state index contributed by atoms with van der Waals surface area (Å²) >= 11 is 0. The van der Waals surface area contributed by atoms with Crippen molar-refractivity contribution in [3.8, 4) is 0 Å². The molecule has 1 aromatic rings. The zero-order valence-corrected chi connectivity index (χ0v) is 14.5. The quantitative estimate of drug-likeness (QED) is 0.928. The van der Waals surface area contributed by atoms with Crippen molar-refractivity contribution in [2.75, 3.05) is 36.4 Å². The van der Waals surface area contributed by atoms with Gasteiger partial charge in [0.15, 0.2) is 0 Å². The molecule has 1 N–H and O–H groups in total. The number of hydrogen-bond donors (Lipinski definition) is 1. The third kappa shape index (κ3) is 4.08. The van der Waals surface area contributed by atoms with Crippen LogP contribution in [-0.4, -0.2) is 42.9 Å². The van der Waals surface area contributed by atoms with Gasteiger partial charge in [-0.1, -0.05) is 25.3 Å². The Kier molecular flexibility index (Phi) is 5.38. The lowest BCUT2D eigenvalue weighted by Crippen LogP contribution is -2.48. The van der Waals surface area contributed by atoms with Gasteiger partial charge in [-0.15, -0.1) is 0 Å². The summed E-state index contributed by atoms with van der Waals surface area (Å²) < 4.78 is 0. The highest BCUT2D eigenvalue weighted by atomic mass is 16.2. The van der Waals surface area contributed by atoms with E-state index in [1.165, 1.54) is 19.3 Å². The van der Waals surface area contributed by atoms with Crippen LogP contribution in [0.15, 0.2) is 24.3 Å². The molecular formula is C19H27N3O2. The number of rotatable bonds is 3. The Labute approximate surface area is 144 Å². The minimum atomic E-state index is 0.142. The Hall–Kier alpha value is -2.04. The summed E-state index contributed by atoms with van der Waals surface area (Å²) in [6.07, 6.45) is 5.61. The maximum Gasteiger partial charge on any atom is 0.227 e. The number of carbonyl (C=O) groups excluding carboxylic acids is 2. The molecule has 130 valence electrons. The Morgan fingerprint density at radius 3 is 2.42 bits per heavy atom. The molecule has 24 heavy (non-hydrogen) atoms. The number of nitrogens with one attached hydrogen (secondary N) is 1. The van der Waals surface area contributed by atoms with Crippen molar-refractivity contribution < 1.29 is 9.59 Å². The Bertz CT molecular complexity index is 588. The molecule has 5 nitrogen and oxygen atoms in total. The first-order valence-electron chi connectivity index (χ1n) is 9.05. The maximum atomic E-state index is 12.4. The maximum absolute atomic E-state index is 12.4. The van der Waals surface area contributed by atoms with Gasteiger partial charge in [0.05, 0.1) is 0 Å². The third-order valence-electron chi connectivity index (χ3n) is 5.18. The highest BCUT2D eigenvalue weighted by Crippen LogP contribution is 2.26. The second kappa shape index (κ2) is 7.69. The number of anilines is 2. The van der Waals surface area contributed by atoms with Crippen LogP contribution in [0.4, 0.5) is 11.4 Å². The van der Waals surface area contributed by atoms with E-state index in [9.17, 15) is 9.59 Å². The van der Waals surface area contributed by atoms with Crippen LogP contribution < -0.4 is 10.2 Å². The number of hydrogen-bond acceptors (Lipinski definition) is 3. The first-order chi connectivity index (χ1) is 11.6. The zero-order chi connectivity index (χ0) is 16.9. The van der Waals surface area contributed by atoms with Crippen LogP contribution in [-0.2, 0) is 9.59 Å². The second-order valence-corrected chi connectivity index (χ2v) is 6.87. The largest absolute Gasteiger partial charge is 0.368 e. The molecule has 1 saturated carbocycles. The molecule has 1 aliphatic heterocycles. The fraction of sp³-hybridized carbons (Fsp3) is 0.579. The SMILES string of the molecule is CC(=O)N1CCN(c2cccc(NC(=O)C3CCCCC3)c2)CC1. The lowest BCUT2D eigenvalue weighted by atomic mass is 9.88. The van der Waals surface area contributed by atoms with Crippen molar-refractivity contribution in [3.63, 3.8) is 0 Å². The van der Waals surface area contributed by atoms with Crippen LogP contribution in [0.5, 0.6) is 0 Å². The molecule has 2 fully saturated rings. The highest BCUT2D eigenvalue weighted by Gasteiger charge is 2.22. The predicted octanol–water partition coefficient (Wildman–Crippen LogP) is 2.87. The normalized spacial score (nSPS) is 19.2.